The van der Waals surface area contributed by atoms with Crippen molar-refractivity contribution in [3.05, 3.63) is 46.8 Å². The smallest absolute Gasteiger partial charge is 0.317 e. The highest BCUT2D eigenvalue weighted by atomic mass is 16.4. The normalized spacial score (nSPS) is 21.8. The first-order valence-electron chi connectivity index (χ1n) is 18.6. The first-order valence-corrected chi connectivity index (χ1v) is 18.6. The molecule has 4 aliphatic rings. The largest absolute Gasteiger partial charge is 0.480 e. The Bertz CT molecular complexity index is 1570. The van der Waals surface area contributed by atoms with Crippen LogP contribution in [0.2, 0.25) is 0 Å². The average molecular weight is 705 g/mol. The fourth-order valence-corrected chi connectivity index (χ4v) is 8.03. The zero-order valence-electron chi connectivity index (χ0n) is 29.4. The molecule has 2 fully saturated rings. The number of hydrogen-bond donors (Lipinski definition) is 6. The molecule has 4 aliphatic heterocycles. The van der Waals surface area contributed by atoms with Crippen molar-refractivity contribution in [3.8, 4) is 0 Å². The van der Waals surface area contributed by atoms with Gasteiger partial charge in [-0.25, -0.2) is 9.97 Å². The summed E-state index contributed by atoms with van der Waals surface area (Å²) < 4.78 is 0. The molecule has 276 valence electrons. The van der Waals surface area contributed by atoms with Crippen molar-refractivity contribution < 1.29 is 29.4 Å². The molecule has 0 aliphatic carbocycles. The third kappa shape index (κ3) is 9.73. The first kappa shape index (κ1) is 36.5. The Morgan fingerprint density at radius 3 is 1.69 bits per heavy atom. The molecule has 6 N–H and O–H groups in total. The molecule has 3 atom stereocenters. The SMILES string of the molecule is O=C(O)CN1CC(C(=O)NCCCCc2ccc3c(n2)NCCC3C2CCNc3nc(CCCCNC(=O)[C@H]4CCN(CC(=O)O)C4)ccc32)C1. The van der Waals surface area contributed by atoms with Crippen molar-refractivity contribution in [2.24, 2.45) is 11.8 Å². The van der Waals surface area contributed by atoms with E-state index in [0.717, 1.165) is 87.5 Å². The molecule has 0 bridgehead atoms. The number of likely N-dealkylation sites (tertiary alicyclic amines) is 2. The number of carbonyl (C=O) groups excluding carboxylic acids is 2. The molecule has 2 saturated heterocycles. The van der Waals surface area contributed by atoms with E-state index in [1.54, 1.807) is 4.90 Å². The lowest BCUT2D eigenvalue weighted by Crippen LogP contribution is -2.54. The van der Waals surface area contributed by atoms with Crippen LogP contribution in [-0.4, -0.2) is 119 Å². The summed E-state index contributed by atoms with van der Waals surface area (Å²) in [6, 6.07) is 8.80. The Hall–Kier alpha value is -4.30. The van der Waals surface area contributed by atoms with Gasteiger partial charge in [0.2, 0.25) is 11.8 Å². The number of anilines is 2. The Kier molecular flexibility index (Phi) is 12.4. The van der Waals surface area contributed by atoms with Crippen LogP contribution < -0.4 is 21.3 Å². The number of aryl methyl sites for hydroxylation is 2. The number of nitrogens with zero attached hydrogens (tertiary/aromatic N) is 4. The molecule has 0 radical (unpaired) electrons. The second-order valence-corrected chi connectivity index (χ2v) is 14.5. The van der Waals surface area contributed by atoms with E-state index in [1.807, 2.05) is 4.90 Å². The van der Waals surface area contributed by atoms with Gasteiger partial charge in [0.1, 0.15) is 11.6 Å². The highest BCUT2D eigenvalue weighted by Gasteiger charge is 2.35. The zero-order chi connectivity index (χ0) is 35.7. The first-order chi connectivity index (χ1) is 24.7. The van der Waals surface area contributed by atoms with Crippen LogP contribution in [0.25, 0.3) is 0 Å². The lowest BCUT2D eigenvalue weighted by atomic mass is 9.75. The van der Waals surface area contributed by atoms with Crippen molar-refractivity contribution in [1.29, 1.82) is 0 Å². The number of amides is 2. The standard InChI is InChI=1S/C37H52N8O6/c46-32(47)22-44-18-13-24(19-44)36(50)40-14-3-1-5-26-7-9-30-28(11-16-38-34(30)42-26)29-12-17-39-35-31(29)10-8-27(43-35)6-2-4-15-41-37(51)25-20-45(21-25)23-33(48)49/h7-10,24-25,28-29H,1-6,11-23H2,(H,38,42)(H,39,43)(H,40,50)(H,41,51)(H,46,47)(H,48,49)/t24-,28?,29?/m0/s1. The number of pyridine rings is 2. The maximum absolute atomic E-state index is 12.5. The summed E-state index contributed by atoms with van der Waals surface area (Å²) in [5.74, 6) is 0.764. The lowest BCUT2D eigenvalue weighted by molar-refractivity contribution is -0.143. The summed E-state index contributed by atoms with van der Waals surface area (Å²) in [4.78, 5) is 60.2. The maximum Gasteiger partial charge on any atom is 0.317 e. The van der Waals surface area contributed by atoms with Crippen LogP contribution in [-0.2, 0) is 32.0 Å². The molecule has 0 spiro atoms. The van der Waals surface area contributed by atoms with E-state index in [1.165, 1.54) is 11.1 Å². The topological polar surface area (TPSA) is 189 Å². The molecule has 2 aromatic rings. The van der Waals surface area contributed by atoms with E-state index >= 15 is 0 Å². The summed E-state index contributed by atoms with van der Waals surface area (Å²) in [7, 11) is 0. The number of fused-ring (bicyclic) bond motifs is 2. The molecule has 14 nitrogen and oxygen atoms in total. The van der Waals surface area contributed by atoms with Crippen molar-refractivity contribution in [2.75, 3.05) is 76.1 Å². The van der Waals surface area contributed by atoms with Gasteiger partial charge < -0.3 is 31.5 Å². The van der Waals surface area contributed by atoms with Crippen LogP contribution in [0, 0.1) is 11.8 Å². The number of carbonyl (C=O) groups is 4. The lowest BCUT2D eigenvalue weighted by Gasteiger charge is -2.36. The van der Waals surface area contributed by atoms with E-state index in [9.17, 15) is 19.2 Å². The molecule has 2 amide bonds. The van der Waals surface area contributed by atoms with Crippen LogP contribution in [0.1, 0.15) is 79.3 Å². The summed E-state index contributed by atoms with van der Waals surface area (Å²) in [5.41, 5.74) is 4.64. The molecule has 6 heterocycles. The number of carboxylic acid groups (broad SMARTS) is 2. The average Bonchev–Trinajstić information content (AvgIpc) is 3.56. The van der Waals surface area contributed by atoms with E-state index in [4.69, 9.17) is 20.2 Å². The van der Waals surface area contributed by atoms with Crippen LogP contribution in [0.3, 0.4) is 0 Å². The van der Waals surface area contributed by atoms with Crippen molar-refractivity contribution in [1.82, 2.24) is 30.4 Å². The third-order valence-electron chi connectivity index (χ3n) is 10.8. The van der Waals surface area contributed by atoms with E-state index in [0.29, 0.717) is 57.5 Å². The fourth-order valence-electron chi connectivity index (χ4n) is 8.03. The van der Waals surface area contributed by atoms with E-state index in [2.05, 4.69) is 45.5 Å². The minimum atomic E-state index is -0.862. The Morgan fingerprint density at radius 1 is 0.667 bits per heavy atom. The summed E-state index contributed by atoms with van der Waals surface area (Å²) in [6.45, 7) is 5.15. The Labute approximate surface area is 299 Å². The molecule has 0 aromatic carbocycles. The summed E-state index contributed by atoms with van der Waals surface area (Å²) in [5, 5.41) is 30.9. The van der Waals surface area contributed by atoms with Gasteiger partial charge in [0.25, 0.3) is 0 Å². The molecule has 51 heavy (non-hydrogen) atoms. The van der Waals surface area contributed by atoms with Crippen molar-refractivity contribution in [2.45, 2.75) is 69.6 Å². The molecular formula is C37H52N8O6. The third-order valence-corrected chi connectivity index (χ3v) is 10.8. The minimum absolute atomic E-state index is 0.00941. The zero-order valence-corrected chi connectivity index (χ0v) is 29.4. The van der Waals surface area contributed by atoms with Crippen molar-refractivity contribution >= 4 is 35.4 Å². The number of rotatable bonds is 17. The van der Waals surface area contributed by atoms with Gasteiger partial charge in [0.15, 0.2) is 0 Å². The van der Waals surface area contributed by atoms with Gasteiger partial charge in [0, 0.05) is 57.2 Å². The Balaban J connectivity index is 0.930. The molecule has 0 saturated carbocycles. The molecule has 6 rings (SSSR count). The van der Waals surface area contributed by atoms with Gasteiger partial charge in [-0.05, 0) is 99.4 Å². The second-order valence-electron chi connectivity index (χ2n) is 14.5. The fraction of sp³-hybridized carbons (Fsp3) is 0.622. The summed E-state index contributed by atoms with van der Waals surface area (Å²) >= 11 is 0. The van der Waals surface area contributed by atoms with Gasteiger partial charge in [0.05, 0.1) is 24.9 Å². The van der Waals surface area contributed by atoms with Gasteiger partial charge >= 0.3 is 11.9 Å². The number of hydrogen-bond acceptors (Lipinski definition) is 10. The second kappa shape index (κ2) is 17.3. The Morgan fingerprint density at radius 2 is 1.16 bits per heavy atom. The molecule has 2 unspecified atom stereocenters. The maximum atomic E-state index is 12.5. The van der Waals surface area contributed by atoms with Crippen molar-refractivity contribution in [3.63, 3.8) is 0 Å². The minimum Gasteiger partial charge on any atom is -0.480 e. The quantitative estimate of drug-likeness (QED) is 0.132. The highest BCUT2D eigenvalue weighted by molar-refractivity contribution is 5.80. The van der Waals surface area contributed by atoms with Gasteiger partial charge in [-0.15, -0.1) is 0 Å². The van der Waals surface area contributed by atoms with Crippen LogP contribution >= 0.6 is 0 Å². The number of carboxylic acids is 2. The van der Waals surface area contributed by atoms with Crippen LogP contribution in [0.15, 0.2) is 24.3 Å². The molecular weight excluding hydrogens is 652 g/mol. The van der Waals surface area contributed by atoms with E-state index in [-0.39, 0.29) is 36.7 Å². The predicted octanol–water partition coefficient (Wildman–Crippen LogP) is 2.28. The van der Waals surface area contributed by atoms with E-state index < -0.39 is 11.9 Å². The molecule has 14 heteroatoms. The number of unbranched alkanes of at least 4 members (excludes halogenated alkanes) is 2. The van der Waals surface area contributed by atoms with Crippen LogP contribution in [0.5, 0.6) is 0 Å². The number of aliphatic carboxylic acids is 2. The predicted molar refractivity (Wildman–Crippen MR) is 192 cm³/mol. The summed E-state index contributed by atoms with van der Waals surface area (Å²) in [6.07, 6.45) is 8.04. The van der Waals surface area contributed by atoms with Gasteiger partial charge in [-0.2, -0.15) is 0 Å². The van der Waals surface area contributed by atoms with Crippen LogP contribution in [0.4, 0.5) is 11.6 Å². The highest BCUT2D eigenvalue weighted by Crippen LogP contribution is 2.46. The monoisotopic (exact) mass is 704 g/mol. The van der Waals surface area contributed by atoms with Gasteiger partial charge in [-0.3, -0.25) is 29.0 Å². The van der Waals surface area contributed by atoms with Gasteiger partial charge in [-0.1, -0.05) is 12.1 Å². The molecule has 2 aromatic heterocycles. The number of nitrogens with one attached hydrogen (secondary N) is 4. The number of aromatic nitrogens is 2.